The first-order valence-corrected chi connectivity index (χ1v) is 7.15. The first-order valence-electron chi connectivity index (χ1n) is 6.74. The summed E-state index contributed by atoms with van der Waals surface area (Å²) in [4.78, 5) is 2.75. The van der Waals surface area contributed by atoms with E-state index in [1.54, 1.807) is 7.11 Å². The molecule has 1 saturated heterocycles. The SMILES string of the molecule is COc1cc(CN2CCOC(C)(C)C2)ccc1C(N)=S. The maximum absolute atomic E-state index is 5.73. The summed E-state index contributed by atoms with van der Waals surface area (Å²) in [7, 11) is 1.64. The highest BCUT2D eigenvalue weighted by molar-refractivity contribution is 7.80. The Morgan fingerprint density at radius 1 is 1.50 bits per heavy atom. The predicted molar refractivity (Wildman–Crippen MR) is 84.2 cm³/mol. The van der Waals surface area contributed by atoms with Crippen molar-refractivity contribution in [1.82, 2.24) is 4.90 Å². The van der Waals surface area contributed by atoms with Crippen molar-refractivity contribution in [3.63, 3.8) is 0 Å². The van der Waals surface area contributed by atoms with Crippen LogP contribution in [0.15, 0.2) is 18.2 Å². The van der Waals surface area contributed by atoms with E-state index in [2.05, 4.69) is 24.8 Å². The molecule has 1 aliphatic rings. The summed E-state index contributed by atoms with van der Waals surface area (Å²) in [6.07, 6.45) is 0. The molecular formula is C15H22N2O2S. The number of nitrogens with two attached hydrogens (primary N) is 1. The zero-order chi connectivity index (χ0) is 14.8. The molecule has 4 nitrogen and oxygen atoms in total. The van der Waals surface area contributed by atoms with Gasteiger partial charge in [-0.2, -0.15) is 0 Å². The largest absolute Gasteiger partial charge is 0.496 e. The van der Waals surface area contributed by atoms with E-state index in [1.807, 2.05) is 12.1 Å². The Balaban J connectivity index is 2.12. The molecule has 0 unspecified atom stereocenters. The lowest BCUT2D eigenvalue weighted by molar-refractivity contribution is -0.0882. The van der Waals surface area contributed by atoms with Gasteiger partial charge in [0.2, 0.25) is 0 Å². The summed E-state index contributed by atoms with van der Waals surface area (Å²) in [5.74, 6) is 0.738. The van der Waals surface area contributed by atoms with Gasteiger partial charge < -0.3 is 15.2 Å². The van der Waals surface area contributed by atoms with Crippen molar-refractivity contribution in [1.29, 1.82) is 0 Å². The van der Waals surface area contributed by atoms with Gasteiger partial charge >= 0.3 is 0 Å². The van der Waals surface area contributed by atoms with E-state index in [0.29, 0.717) is 4.99 Å². The first kappa shape index (κ1) is 15.2. The van der Waals surface area contributed by atoms with Gasteiger partial charge in [0.1, 0.15) is 10.7 Å². The first-order chi connectivity index (χ1) is 9.41. The molecule has 0 amide bonds. The molecule has 1 heterocycles. The molecule has 0 saturated carbocycles. The van der Waals surface area contributed by atoms with E-state index in [9.17, 15) is 0 Å². The van der Waals surface area contributed by atoms with E-state index < -0.39 is 0 Å². The summed E-state index contributed by atoms with van der Waals surface area (Å²) in [6.45, 7) is 7.76. The van der Waals surface area contributed by atoms with Crippen molar-refractivity contribution < 1.29 is 9.47 Å². The molecule has 0 spiro atoms. The average Bonchev–Trinajstić information content (AvgIpc) is 2.37. The van der Waals surface area contributed by atoms with E-state index in [4.69, 9.17) is 27.4 Å². The quantitative estimate of drug-likeness (QED) is 0.860. The van der Waals surface area contributed by atoms with Gasteiger partial charge in [-0.15, -0.1) is 0 Å². The van der Waals surface area contributed by atoms with Crippen LogP contribution < -0.4 is 10.5 Å². The van der Waals surface area contributed by atoms with Gasteiger partial charge in [-0.1, -0.05) is 18.3 Å². The third-order valence-corrected chi connectivity index (χ3v) is 3.66. The molecule has 2 rings (SSSR count). The number of methoxy groups -OCH3 is 1. The van der Waals surface area contributed by atoms with Crippen molar-refractivity contribution in [2.45, 2.75) is 26.0 Å². The fraction of sp³-hybridized carbons (Fsp3) is 0.533. The van der Waals surface area contributed by atoms with Crippen LogP contribution in [-0.2, 0) is 11.3 Å². The number of benzene rings is 1. The van der Waals surface area contributed by atoms with E-state index in [0.717, 1.165) is 37.6 Å². The number of thiocarbonyl (C=S) groups is 1. The normalized spacial score (nSPS) is 18.8. The van der Waals surface area contributed by atoms with Crippen LogP contribution >= 0.6 is 12.2 Å². The van der Waals surface area contributed by atoms with Crippen molar-refractivity contribution in [3.05, 3.63) is 29.3 Å². The number of hydrogen-bond acceptors (Lipinski definition) is 4. The molecule has 0 atom stereocenters. The highest BCUT2D eigenvalue weighted by atomic mass is 32.1. The molecule has 0 bridgehead atoms. The second-order valence-electron chi connectivity index (χ2n) is 5.72. The summed E-state index contributed by atoms with van der Waals surface area (Å²) >= 11 is 5.02. The van der Waals surface area contributed by atoms with Crippen molar-refractivity contribution >= 4 is 17.2 Å². The minimum atomic E-state index is -0.0822. The van der Waals surface area contributed by atoms with Gasteiger partial charge in [-0.05, 0) is 31.5 Å². The van der Waals surface area contributed by atoms with Gasteiger partial charge in [0, 0.05) is 19.6 Å². The topological polar surface area (TPSA) is 47.7 Å². The summed E-state index contributed by atoms with van der Waals surface area (Å²) < 4.78 is 11.1. The summed E-state index contributed by atoms with van der Waals surface area (Å²) in [5, 5.41) is 0. The molecule has 0 aromatic heterocycles. The molecule has 0 radical (unpaired) electrons. The van der Waals surface area contributed by atoms with Crippen molar-refractivity contribution in [2.75, 3.05) is 26.8 Å². The van der Waals surface area contributed by atoms with Crippen LogP contribution in [0.4, 0.5) is 0 Å². The Labute approximate surface area is 125 Å². The monoisotopic (exact) mass is 294 g/mol. The minimum absolute atomic E-state index is 0.0822. The lowest BCUT2D eigenvalue weighted by Gasteiger charge is -2.38. The summed E-state index contributed by atoms with van der Waals surface area (Å²) in [6, 6.07) is 6.00. The standard InChI is InChI=1S/C15H22N2O2S/c1-15(2)10-17(6-7-19-15)9-11-4-5-12(14(16)20)13(8-11)18-3/h4-5,8H,6-7,9-10H2,1-3H3,(H2,16,20). The zero-order valence-corrected chi connectivity index (χ0v) is 13.1. The number of ether oxygens (including phenoxy) is 2. The van der Waals surface area contributed by atoms with Crippen LogP contribution in [0.1, 0.15) is 25.0 Å². The number of rotatable bonds is 4. The third kappa shape index (κ3) is 3.69. The molecule has 1 fully saturated rings. The van der Waals surface area contributed by atoms with E-state index in [-0.39, 0.29) is 5.60 Å². The van der Waals surface area contributed by atoms with Gasteiger partial charge in [0.25, 0.3) is 0 Å². The lowest BCUT2D eigenvalue weighted by Crippen LogP contribution is -2.47. The number of nitrogens with zero attached hydrogens (tertiary/aromatic N) is 1. The smallest absolute Gasteiger partial charge is 0.129 e. The minimum Gasteiger partial charge on any atom is -0.496 e. The highest BCUT2D eigenvalue weighted by Gasteiger charge is 2.27. The molecule has 2 N–H and O–H groups in total. The third-order valence-electron chi connectivity index (χ3n) is 3.44. The molecule has 1 aromatic rings. The van der Waals surface area contributed by atoms with Gasteiger partial charge in [-0.3, -0.25) is 4.90 Å². The average molecular weight is 294 g/mol. The molecule has 1 aliphatic heterocycles. The molecule has 20 heavy (non-hydrogen) atoms. The maximum atomic E-state index is 5.73. The Hall–Kier alpha value is -1.17. The molecule has 110 valence electrons. The molecular weight excluding hydrogens is 272 g/mol. The van der Waals surface area contributed by atoms with Gasteiger partial charge in [-0.25, -0.2) is 0 Å². The van der Waals surface area contributed by atoms with E-state index in [1.165, 1.54) is 5.56 Å². The van der Waals surface area contributed by atoms with Crippen LogP contribution in [-0.4, -0.2) is 42.3 Å². The van der Waals surface area contributed by atoms with Crippen LogP contribution in [0.3, 0.4) is 0 Å². The lowest BCUT2D eigenvalue weighted by atomic mass is 10.1. The van der Waals surface area contributed by atoms with Crippen LogP contribution in [0.5, 0.6) is 5.75 Å². The fourth-order valence-electron chi connectivity index (χ4n) is 2.54. The second kappa shape index (κ2) is 6.08. The van der Waals surface area contributed by atoms with Crippen LogP contribution in [0.25, 0.3) is 0 Å². The summed E-state index contributed by atoms with van der Waals surface area (Å²) in [5.41, 5.74) is 7.58. The number of morpholine rings is 1. The Morgan fingerprint density at radius 3 is 2.85 bits per heavy atom. The molecule has 1 aromatic carbocycles. The Bertz CT molecular complexity index is 503. The maximum Gasteiger partial charge on any atom is 0.129 e. The van der Waals surface area contributed by atoms with Crippen molar-refractivity contribution in [2.24, 2.45) is 5.73 Å². The van der Waals surface area contributed by atoms with Gasteiger partial charge in [0.15, 0.2) is 0 Å². The van der Waals surface area contributed by atoms with E-state index >= 15 is 0 Å². The Morgan fingerprint density at radius 2 is 2.25 bits per heavy atom. The second-order valence-corrected chi connectivity index (χ2v) is 6.16. The zero-order valence-electron chi connectivity index (χ0n) is 12.3. The molecule has 0 aliphatic carbocycles. The van der Waals surface area contributed by atoms with Crippen LogP contribution in [0.2, 0.25) is 0 Å². The fourth-order valence-corrected chi connectivity index (χ4v) is 2.71. The van der Waals surface area contributed by atoms with Crippen LogP contribution in [0, 0.1) is 0 Å². The Kier molecular flexibility index (Phi) is 4.62. The van der Waals surface area contributed by atoms with Gasteiger partial charge in [0.05, 0.1) is 24.9 Å². The van der Waals surface area contributed by atoms with Crippen molar-refractivity contribution in [3.8, 4) is 5.75 Å². The number of hydrogen-bond donors (Lipinski definition) is 1. The predicted octanol–water partition coefficient (Wildman–Crippen LogP) is 1.94. The molecule has 5 heteroatoms. The highest BCUT2D eigenvalue weighted by Crippen LogP contribution is 2.23.